The van der Waals surface area contributed by atoms with Crippen molar-refractivity contribution >= 4 is 23.3 Å². The van der Waals surface area contributed by atoms with E-state index >= 15 is 0 Å². The molecule has 1 aromatic carbocycles. The Morgan fingerprint density at radius 2 is 1.76 bits per heavy atom. The Hall–Kier alpha value is -2.04. The van der Waals surface area contributed by atoms with E-state index < -0.39 is 5.97 Å². The zero-order valence-corrected chi connectivity index (χ0v) is 13.3. The number of hydrogen-bond acceptors (Lipinski definition) is 3. The number of carboxylic acids is 1. The minimum Gasteiger partial charge on any atom is -0.481 e. The first-order chi connectivity index (χ1) is 10.1. The average Bonchev–Trinajstić information content (AvgIpc) is 2.49. The van der Waals surface area contributed by atoms with Crippen molar-refractivity contribution in [3.05, 3.63) is 24.3 Å². The Bertz CT molecular complexity index is 443. The summed E-state index contributed by atoms with van der Waals surface area (Å²) in [7, 11) is 0. The fourth-order valence-electron chi connectivity index (χ4n) is 1.81. The van der Waals surface area contributed by atoms with Crippen molar-refractivity contribution in [2.45, 2.75) is 40.5 Å². The van der Waals surface area contributed by atoms with E-state index in [0.717, 1.165) is 18.8 Å². The maximum absolute atomic E-state index is 11.5. The summed E-state index contributed by atoms with van der Waals surface area (Å²) in [4.78, 5) is 24.1. The molecule has 0 saturated carbocycles. The van der Waals surface area contributed by atoms with Gasteiger partial charge in [-0.15, -0.1) is 0 Å². The van der Waals surface area contributed by atoms with Gasteiger partial charge in [-0.25, -0.2) is 0 Å². The number of aliphatic carboxylic acids is 1. The fraction of sp³-hybridized carbons (Fsp3) is 0.500. The molecule has 0 atom stereocenters. The predicted molar refractivity (Wildman–Crippen MR) is 86.9 cm³/mol. The van der Waals surface area contributed by atoms with Crippen molar-refractivity contribution in [1.82, 2.24) is 0 Å². The lowest BCUT2D eigenvalue weighted by molar-refractivity contribution is -0.138. The second-order valence-corrected chi connectivity index (χ2v) is 4.16. The molecule has 0 radical (unpaired) electrons. The first-order valence-corrected chi connectivity index (χ1v) is 7.43. The second-order valence-electron chi connectivity index (χ2n) is 4.16. The van der Waals surface area contributed by atoms with Crippen LogP contribution in [0.25, 0.3) is 0 Å². The molecule has 0 heterocycles. The van der Waals surface area contributed by atoms with E-state index in [2.05, 4.69) is 24.1 Å². The summed E-state index contributed by atoms with van der Waals surface area (Å²) in [6.07, 6.45) is -0.160. The lowest BCUT2D eigenvalue weighted by Gasteiger charge is -2.21. The Morgan fingerprint density at radius 1 is 1.14 bits per heavy atom. The number of rotatable bonds is 7. The SMILES string of the molecule is CC.CCN(CC)c1cccc(NC(=O)CCC(=O)O)c1. The summed E-state index contributed by atoms with van der Waals surface area (Å²) in [6, 6.07) is 7.55. The van der Waals surface area contributed by atoms with Crippen LogP contribution in [0.3, 0.4) is 0 Å². The molecule has 2 N–H and O–H groups in total. The number of carbonyl (C=O) groups excluding carboxylic acids is 1. The molecule has 0 aliphatic carbocycles. The molecule has 21 heavy (non-hydrogen) atoms. The first-order valence-electron chi connectivity index (χ1n) is 7.43. The maximum atomic E-state index is 11.5. The molecule has 0 saturated heterocycles. The minimum absolute atomic E-state index is 0.00910. The third-order valence-corrected chi connectivity index (χ3v) is 2.82. The fourth-order valence-corrected chi connectivity index (χ4v) is 1.81. The minimum atomic E-state index is -0.966. The number of carboxylic acid groups (broad SMARTS) is 1. The van der Waals surface area contributed by atoms with Gasteiger partial charge in [-0.3, -0.25) is 9.59 Å². The van der Waals surface area contributed by atoms with Crippen molar-refractivity contribution < 1.29 is 14.7 Å². The van der Waals surface area contributed by atoms with Crippen molar-refractivity contribution in [3.8, 4) is 0 Å². The Labute approximate surface area is 127 Å². The van der Waals surface area contributed by atoms with E-state index in [-0.39, 0.29) is 18.7 Å². The van der Waals surface area contributed by atoms with Crippen LogP contribution >= 0.6 is 0 Å². The molecule has 0 aromatic heterocycles. The zero-order valence-electron chi connectivity index (χ0n) is 13.3. The van der Waals surface area contributed by atoms with Gasteiger partial charge in [0.25, 0.3) is 0 Å². The van der Waals surface area contributed by atoms with E-state index in [1.165, 1.54) is 0 Å². The molecule has 0 aliphatic heterocycles. The lowest BCUT2D eigenvalue weighted by Crippen LogP contribution is -2.22. The van der Waals surface area contributed by atoms with Gasteiger partial charge in [-0.1, -0.05) is 19.9 Å². The number of hydrogen-bond donors (Lipinski definition) is 2. The molecular formula is C16H26N2O3. The molecule has 0 spiro atoms. The second kappa shape index (κ2) is 10.7. The highest BCUT2D eigenvalue weighted by atomic mass is 16.4. The van der Waals surface area contributed by atoms with Gasteiger partial charge in [0.05, 0.1) is 6.42 Å². The van der Waals surface area contributed by atoms with Crippen molar-refractivity contribution in [3.63, 3.8) is 0 Å². The van der Waals surface area contributed by atoms with Gasteiger partial charge >= 0.3 is 5.97 Å². The predicted octanol–water partition coefficient (Wildman–Crippen LogP) is 3.36. The Morgan fingerprint density at radius 3 is 2.29 bits per heavy atom. The highest BCUT2D eigenvalue weighted by Gasteiger charge is 2.07. The van der Waals surface area contributed by atoms with Crippen molar-refractivity contribution in [1.29, 1.82) is 0 Å². The standard InChI is InChI=1S/C14H20N2O3.C2H6/c1-3-16(4-2)12-7-5-6-11(10-12)15-13(17)8-9-14(18)19;1-2/h5-7,10H,3-4,8-9H2,1-2H3,(H,15,17)(H,18,19);1-2H3. The number of nitrogens with one attached hydrogen (secondary N) is 1. The normalized spacial score (nSPS) is 9.33. The van der Waals surface area contributed by atoms with E-state index in [0.29, 0.717) is 5.69 Å². The topological polar surface area (TPSA) is 69.6 Å². The van der Waals surface area contributed by atoms with Crippen LogP contribution in [-0.2, 0) is 9.59 Å². The molecular weight excluding hydrogens is 268 g/mol. The zero-order chi connectivity index (χ0) is 16.3. The third kappa shape index (κ3) is 7.34. The van der Waals surface area contributed by atoms with Gasteiger partial charge in [-0.2, -0.15) is 0 Å². The monoisotopic (exact) mass is 294 g/mol. The summed E-state index contributed by atoms with van der Waals surface area (Å²) in [5, 5.41) is 11.2. The van der Waals surface area contributed by atoms with Crippen LogP contribution in [0.5, 0.6) is 0 Å². The summed E-state index contributed by atoms with van der Waals surface area (Å²) >= 11 is 0. The molecule has 0 fully saturated rings. The molecule has 0 bridgehead atoms. The lowest BCUT2D eigenvalue weighted by atomic mass is 10.2. The Kier molecular flexibility index (Phi) is 9.67. The van der Waals surface area contributed by atoms with Crippen molar-refractivity contribution in [2.75, 3.05) is 23.3 Å². The molecule has 1 rings (SSSR count). The van der Waals surface area contributed by atoms with Gasteiger partial charge in [0.1, 0.15) is 0 Å². The molecule has 5 heteroatoms. The maximum Gasteiger partial charge on any atom is 0.303 e. The van der Waals surface area contributed by atoms with E-state index in [1.54, 1.807) is 6.07 Å². The summed E-state index contributed by atoms with van der Waals surface area (Å²) < 4.78 is 0. The molecule has 5 nitrogen and oxygen atoms in total. The van der Waals surface area contributed by atoms with Crippen LogP contribution in [0.4, 0.5) is 11.4 Å². The molecule has 1 aromatic rings. The smallest absolute Gasteiger partial charge is 0.303 e. The van der Waals surface area contributed by atoms with Crippen LogP contribution < -0.4 is 10.2 Å². The van der Waals surface area contributed by atoms with Crippen LogP contribution in [0.2, 0.25) is 0 Å². The summed E-state index contributed by atoms with van der Waals surface area (Å²) in [5.41, 5.74) is 1.74. The third-order valence-electron chi connectivity index (χ3n) is 2.82. The number of amides is 1. The van der Waals surface area contributed by atoms with Crippen LogP contribution in [0.1, 0.15) is 40.5 Å². The number of benzene rings is 1. The van der Waals surface area contributed by atoms with E-state index in [4.69, 9.17) is 5.11 Å². The Balaban J connectivity index is 0.00000191. The first kappa shape index (κ1) is 19.0. The van der Waals surface area contributed by atoms with E-state index in [1.807, 2.05) is 32.0 Å². The van der Waals surface area contributed by atoms with Gasteiger partial charge < -0.3 is 15.3 Å². The number of carbonyl (C=O) groups is 2. The van der Waals surface area contributed by atoms with Gasteiger partial charge in [0, 0.05) is 30.9 Å². The quantitative estimate of drug-likeness (QED) is 0.809. The largest absolute Gasteiger partial charge is 0.481 e. The summed E-state index contributed by atoms with van der Waals surface area (Å²) in [6.45, 7) is 9.93. The molecule has 0 aliphatic rings. The van der Waals surface area contributed by atoms with Crippen LogP contribution in [-0.4, -0.2) is 30.1 Å². The highest BCUT2D eigenvalue weighted by Crippen LogP contribution is 2.19. The van der Waals surface area contributed by atoms with E-state index in [9.17, 15) is 9.59 Å². The highest BCUT2D eigenvalue weighted by molar-refractivity contribution is 5.92. The molecule has 0 unspecified atom stereocenters. The number of anilines is 2. The number of nitrogens with zero attached hydrogens (tertiary/aromatic N) is 1. The van der Waals surface area contributed by atoms with Crippen LogP contribution in [0, 0.1) is 0 Å². The van der Waals surface area contributed by atoms with Gasteiger partial charge in [0.2, 0.25) is 5.91 Å². The van der Waals surface area contributed by atoms with Crippen molar-refractivity contribution in [2.24, 2.45) is 0 Å². The van der Waals surface area contributed by atoms with Gasteiger partial charge in [0.15, 0.2) is 0 Å². The average molecular weight is 294 g/mol. The molecule has 118 valence electrons. The molecule has 1 amide bonds. The van der Waals surface area contributed by atoms with Gasteiger partial charge in [-0.05, 0) is 32.0 Å². The van der Waals surface area contributed by atoms with Crippen LogP contribution in [0.15, 0.2) is 24.3 Å². The summed E-state index contributed by atoms with van der Waals surface area (Å²) in [5.74, 6) is -1.24.